The summed E-state index contributed by atoms with van der Waals surface area (Å²) in [6.45, 7) is 6.61. The van der Waals surface area contributed by atoms with Crippen molar-refractivity contribution < 1.29 is 8.42 Å². The molecule has 1 unspecified atom stereocenters. The van der Waals surface area contributed by atoms with Gasteiger partial charge in [0.2, 0.25) is 10.0 Å². The molecule has 0 aromatic carbocycles. The Morgan fingerprint density at radius 1 is 1.43 bits per heavy atom. The van der Waals surface area contributed by atoms with Gasteiger partial charge in [-0.05, 0) is 33.1 Å². The Bertz CT molecular complexity index is 294. The Kier molecular flexibility index (Phi) is 3.65. The van der Waals surface area contributed by atoms with Gasteiger partial charge in [-0.25, -0.2) is 12.7 Å². The zero-order valence-electron chi connectivity index (χ0n) is 8.96. The molecule has 1 rings (SSSR count). The Morgan fingerprint density at radius 3 is 2.36 bits per heavy atom. The van der Waals surface area contributed by atoms with Gasteiger partial charge in [-0.2, -0.15) is 0 Å². The summed E-state index contributed by atoms with van der Waals surface area (Å²) < 4.78 is 25.0. The topological polar surface area (TPSA) is 37.4 Å². The van der Waals surface area contributed by atoms with Crippen molar-refractivity contribution in [3.63, 3.8) is 0 Å². The lowest BCUT2D eigenvalue weighted by Crippen LogP contribution is -2.41. The van der Waals surface area contributed by atoms with E-state index in [4.69, 9.17) is 0 Å². The summed E-state index contributed by atoms with van der Waals surface area (Å²) in [7, 11) is -3.11. The van der Waals surface area contributed by atoms with Gasteiger partial charge in [0.05, 0.1) is 4.75 Å². The lowest BCUT2D eigenvalue weighted by Gasteiger charge is -2.26. The Hall–Kier alpha value is 0.390. The number of halogens is 1. The van der Waals surface area contributed by atoms with Crippen molar-refractivity contribution in [2.24, 2.45) is 5.92 Å². The third-order valence-electron chi connectivity index (χ3n) is 2.58. The average molecular weight is 284 g/mol. The van der Waals surface area contributed by atoms with Crippen molar-refractivity contribution in [1.82, 2.24) is 4.31 Å². The molecule has 1 heterocycles. The van der Waals surface area contributed by atoms with Gasteiger partial charge in [0.1, 0.15) is 0 Å². The van der Waals surface area contributed by atoms with Crippen LogP contribution in [0.25, 0.3) is 0 Å². The van der Waals surface area contributed by atoms with Crippen LogP contribution in [-0.2, 0) is 10.0 Å². The SMILES string of the molecule is CC(C)(C)S(=O)(=O)N1CCC(CBr)C1. The summed E-state index contributed by atoms with van der Waals surface area (Å²) in [4.78, 5) is 0. The fraction of sp³-hybridized carbons (Fsp3) is 1.00. The third-order valence-corrected chi connectivity index (χ3v) is 6.06. The molecule has 0 spiro atoms. The minimum absolute atomic E-state index is 0.479. The molecule has 0 bridgehead atoms. The normalized spacial score (nSPS) is 25.6. The quantitative estimate of drug-likeness (QED) is 0.725. The molecule has 1 aliphatic heterocycles. The largest absolute Gasteiger partial charge is 0.219 e. The minimum atomic E-state index is -3.11. The number of alkyl halides is 1. The van der Waals surface area contributed by atoms with Crippen LogP contribution in [0, 0.1) is 5.92 Å². The van der Waals surface area contributed by atoms with Gasteiger partial charge in [0, 0.05) is 18.4 Å². The highest BCUT2D eigenvalue weighted by molar-refractivity contribution is 9.09. The number of nitrogens with zero attached hydrogens (tertiary/aromatic N) is 1. The average Bonchev–Trinajstić information content (AvgIpc) is 2.49. The zero-order chi connectivity index (χ0) is 11.0. The first kappa shape index (κ1) is 12.5. The molecule has 0 radical (unpaired) electrons. The van der Waals surface area contributed by atoms with Crippen LogP contribution in [0.5, 0.6) is 0 Å². The van der Waals surface area contributed by atoms with Crippen molar-refractivity contribution >= 4 is 26.0 Å². The molecule has 1 aliphatic rings. The molecule has 1 saturated heterocycles. The highest BCUT2D eigenvalue weighted by Crippen LogP contribution is 2.27. The van der Waals surface area contributed by atoms with Crippen molar-refractivity contribution in [2.75, 3.05) is 18.4 Å². The molecule has 0 saturated carbocycles. The summed E-state index contributed by atoms with van der Waals surface area (Å²) in [5.74, 6) is 0.479. The van der Waals surface area contributed by atoms with E-state index in [9.17, 15) is 8.42 Å². The maximum atomic E-state index is 12.0. The first-order valence-electron chi connectivity index (χ1n) is 4.84. The monoisotopic (exact) mass is 283 g/mol. The predicted octanol–water partition coefficient (Wildman–Crippen LogP) is 1.83. The molecule has 1 fully saturated rings. The first-order chi connectivity index (χ1) is 6.29. The lowest BCUT2D eigenvalue weighted by molar-refractivity contribution is 0.441. The maximum absolute atomic E-state index is 12.0. The highest BCUT2D eigenvalue weighted by atomic mass is 79.9. The molecule has 0 aromatic rings. The van der Waals surface area contributed by atoms with E-state index in [0.29, 0.717) is 19.0 Å². The molecule has 3 nitrogen and oxygen atoms in total. The molecule has 84 valence electrons. The summed E-state index contributed by atoms with van der Waals surface area (Å²) in [5.41, 5.74) is 0. The van der Waals surface area contributed by atoms with E-state index in [1.54, 1.807) is 25.1 Å². The number of rotatable bonds is 2. The van der Waals surface area contributed by atoms with Crippen molar-refractivity contribution in [2.45, 2.75) is 31.9 Å². The van der Waals surface area contributed by atoms with Crippen LogP contribution in [-0.4, -0.2) is 35.9 Å². The summed E-state index contributed by atoms with van der Waals surface area (Å²) in [6, 6.07) is 0. The van der Waals surface area contributed by atoms with Gasteiger partial charge < -0.3 is 0 Å². The van der Waals surface area contributed by atoms with E-state index < -0.39 is 14.8 Å². The van der Waals surface area contributed by atoms with E-state index in [0.717, 1.165) is 11.8 Å². The Labute approximate surface area is 95.0 Å². The van der Waals surface area contributed by atoms with Crippen LogP contribution >= 0.6 is 15.9 Å². The van der Waals surface area contributed by atoms with E-state index >= 15 is 0 Å². The van der Waals surface area contributed by atoms with Gasteiger partial charge in [-0.3, -0.25) is 0 Å². The van der Waals surface area contributed by atoms with Crippen LogP contribution in [0.2, 0.25) is 0 Å². The number of hydrogen-bond acceptors (Lipinski definition) is 2. The maximum Gasteiger partial charge on any atom is 0.219 e. The van der Waals surface area contributed by atoms with E-state index in [1.165, 1.54) is 0 Å². The molecular weight excluding hydrogens is 266 g/mol. The highest BCUT2D eigenvalue weighted by Gasteiger charge is 2.38. The van der Waals surface area contributed by atoms with Gasteiger partial charge in [-0.1, -0.05) is 15.9 Å². The first-order valence-corrected chi connectivity index (χ1v) is 7.41. The fourth-order valence-electron chi connectivity index (χ4n) is 1.53. The van der Waals surface area contributed by atoms with Crippen molar-refractivity contribution in [3.8, 4) is 0 Å². The van der Waals surface area contributed by atoms with E-state index in [-0.39, 0.29) is 0 Å². The standard InChI is InChI=1S/C9H18BrNO2S/c1-9(2,3)14(12,13)11-5-4-8(6-10)7-11/h8H,4-7H2,1-3H3. The summed E-state index contributed by atoms with van der Waals surface area (Å²) in [5, 5.41) is 0.892. The predicted molar refractivity (Wildman–Crippen MR) is 62.1 cm³/mol. The second kappa shape index (κ2) is 4.10. The number of hydrogen-bond donors (Lipinski definition) is 0. The van der Waals surface area contributed by atoms with Crippen molar-refractivity contribution in [3.05, 3.63) is 0 Å². The van der Waals surface area contributed by atoms with Crippen LogP contribution in [0.15, 0.2) is 0 Å². The van der Waals surface area contributed by atoms with Crippen LogP contribution in [0.4, 0.5) is 0 Å². The lowest BCUT2D eigenvalue weighted by atomic mass is 10.2. The number of sulfonamides is 1. The Morgan fingerprint density at radius 2 is 2.00 bits per heavy atom. The van der Waals surface area contributed by atoms with Gasteiger partial charge in [-0.15, -0.1) is 0 Å². The van der Waals surface area contributed by atoms with Gasteiger partial charge in [0.25, 0.3) is 0 Å². The molecule has 5 heteroatoms. The molecule has 0 aliphatic carbocycles. The fourth-order valence-corrected chi connectivity index (χ4v) is 3.58. The molecule has 1 atom stereocenters. The second-order valence-electron chi connectivity index (χ2n) is 4.78. The minimum Gasteiger partial charge on any atom is -0.212 e. The third kappa shape index (κ3) is 2.31. The van der Waals surface area contributed by atoms with Gasteiger partial charge >= 0.3 is 0 Å². The molecule has 0 amide bonds. The molecule has 14 heavy (non-hydrogen) atoms. The molecular formula is C9H18BrNO2S. The molecule has 0 aromatic heterocycles. The van der Waals surface area contributed by atoms with E-state index in [2.05, 4.69) is 15.9 Å². The van der Waals surface area contributed by atoms with E-state index in [1.807, 2.05) is 0 Å². The Balaban J connectivity index is 2.77. The zero-order valence-corrected chi connectivity index (χ0v) is 11.4. The second-order valence-corrected chi connectivity index (χ2v) is 8.12. The molecule has 0 N–H and O–H groups in total. The van der Waals surface area contributed by atoms with Crippen LogP contribution in [0.1, 0.15) is 27.2 Å². The summed E-state index contributed by atoms with van der Waals surface area (Å²) >= 11 is 3.40. The van der Waals surface area contributed by atoms with Crippen molar-refractivity contribution in [1.29, 1.82) is 0 Å². The van der Waals surface area contributed by atoms with Crippen LogP contribution < -0.4 is 0 Å². The van der Waals surface area contributed by atoms with Gasteiger partial charge in [0.15, 0.2) is 0 Å². The smallest absolute Gasteiger partial charge is 0.212 e. The summed E-state index contributed by atoms with van der Waals surface area (Å²) in [6.07, 6.45) is 0.973. The van der Waals surface area contributed by atoms with Crippen LogP contribution in [0.3, 0.4) is 0 Å².